The van der Waals surface area contributed by atoms with E-state index in [4.69, 9.17) is 9.47 Å². The molecule has 2 rings (SSSR count). The van der Waals surface area contributed by atoms with Crippen molar-refractivity contribution in [2.24, 2.45) is 0 Å². The van der Waals surface area contributed by atoms with Crippen LogP contribution in [0.4, 0.5) is 13.6 Å². The lowest BCUT2D eigenvalue weighted by atomic mass is 10.2. The van der Waals surface area contributed by atoms with Gasteiger partial charge in [-0.3, -0.25) is 0 Å². The van der Waals surface area contributed by atoms with Crippen molar-refractivity contribution in [1.82, 2.24) is 0 Å². The van der Waals surface area contributed by atoms with Gasteiger partial charge < -0.3 is 14.2 Å². The number of hydrogen-bond donors (Lipinski definition) is 0. The summed E-state index contributed by atoms with van der Waals surface area (Å²) in [6.07, 6.45) is -0.978. The number of methoxy groups -OCH3 is 1. The first-order valence-electron chi connectivity index (χ1n) is 6.43. The lowest BCUT2D eigenvalue weighted by molar-refractivity contribution is 0.120. The second-order valence-corrected chi connectivity index (χ2v) is 4.50. The predicted molar refractivity (Wildman–Crippen MR) is 74.9 cm³/mol. The maximum absolute atomic E-state index is 13.9. The largest absolute Gasteiger partial charge is 0.513 e. The van der Waals surface area contributed by atoms with Crippen LogP contribution in [0.2, 0.25) is 0 Å². The van der Waals surface area contributed by atoms with E-state index in [-0.39, 0.29) is 23.7 Å². The summed E-state index contributed by atoms with van der Waals surface area (Å²) >= 11 is 0. The molecule has 0 bridgehead atoms. The molecule has 0 fully saturated rings. The molecular weight excluding hydrogens is 294 g/mol. The highest BCUT2D eigenvalue weighted by molar-refractivity contribution is 5.64. The lowest BCUT2D eigenvalue weighted by Crippen LogP contribution is -2.11. The van der Waals surface area contributed by atoms with E-state index in [1.165, 1.54) is 30.3 Å². The Hall–Kier alpha value is -2.63. The van der Waals surface area contributed by atoms with Crippen LogP contribution in [0.3, 0.4) is 0 Å². The lowest BCUT2D eigenvalue weighted by Gasteiger charge is -2.12. The average Bonchev–Trinajstić information content (AvgIpc) is 2.48. The van der Waals surface area contributed by atoms with Crippen molar-refractivity contribution in [3.63, 3.8) is 0 Å². The van der Waals surface area contributed by atoms with Crippen molar-refractivity contribution >= 4 is 6.16 Å². The van der Waals surface area contributed by atoms with Crippen LogP contribution in [-0.2, 0) is 11.3 Å². The third-order valence-electron chi connectivity index (χ3n) is 2.90. The van der Waals surface area contributed by atoms with Gasteiger partial charge >= 0.3 is 6.16 Å². The maximum Gasteiger partial charge on any atom is 0.513 e. The molecule has 0 spiro atoms. The molecular formula is C16H14F2O4. The molecule has 0 heterocycles. The highest BCUT2D eigenvalue weighted by Gasteiger charge is 2.15. The fraction of sp³-hybridized carbons (Fsp3) is 0.188. The third kappa shape index (κ3) is 3.72. The van der Waals surface area contributed by atoms with Crippen LogP contribution >= 0.6 is 0 Å². The van der Waals surface area contributed by atoms with Gasteiger partial charge in [0, 0.05) is 0 Å². The number of aryl methyl sites for hydroxylation is 1. The predicted octanol–water partition coefficient (Wildman–Crippen LogP) is 4.00. The van der Waals surface area contributed by atoms with E-state index in [0.717, 1.165) is 12.7 Å². The molecule has 0 atom stereocenters. The summed E-state index contributed by atoms with van der Waals surface area (Å²) in [5, 5.41) is 0. The first kappa shape index (κ1) is 15.8. The zero-order valence-corrected chi connectivity index (χ0v) is 12.1. The zero-order valence-electron chi connectivity index (χ0n) is 12.1. The summed E-state index contributed by atoms with van der Waals surface area (Å²) in [7, 11) is 1.14. The topological polar surface area (TPSA) is 44.8 Å². The van der Waals surface area contributed by atoms with Gasteiger partial charge in [-0.15, -0.1) is 0 Å². The van der Waals surface area contributed by atoms with Gasteiger partial charge in [0.25, 0.3) is 0 Å². The van der Waals surface area contributed by atoms with Gasteiger partial charge in [0.05, 0.1) is 12.7 Å². The zero-order chi connectivity index (χ0) is 16.1. The third-order valence-corrected chi connectivity index (χ3v) is 2.90. The fourth-order valence-electron chi connectivity index (χ4n) is 1.78. The molecule has 0 aromatic heterocycles. The van der Waals surface area contributed by atoms with Gasteiger partial charge in [-0.25, -0.2) is 13.6 Å². The van der Waals surface area contributed by atoms with Gasteiger partial charge in [-0.1, -0.05) is 12.1 Å². The number of carbonyl (C=O) groups is 1. The van der Waals surface area contributed by atoms with Crippen molar-refractivity contribution in [2.75, 3.05) is 7.11 Å². The summed E-state index contributed by atoms with van der Waals surface area (Å²) < 4.78 is 42.0. The molecule has 0 aliphatic heterocycles. The van der Waals surface area contributed by atoms with Gasteiger partial charge in [-0.2, -0.15) is 0 Å². The molecule has 4 nitrogen and oxygen atoms in total. The first-order valence-corrected chi connectivity index (χ1v) is 6.43. The minimum absolute atomic E-state index is 0.00660. The van der Waals surface area contributed by atoms with Crippen LogP contribution in [0.5, 0.6) is 11.5 Å². The van der Waals surface area contributed by atoms with Crippen LogP contribution < -0.4 is 9.47 Å². The van der Waals surface area contributed by atoms with Crippen LogP contribution in [0.1, 0.15) is 11.1 Å². The Balaban J connectivity index is 2.19. The number of halogens is 2. The van der Waals surface area contributed by atoms with E-state index in [1.54, 1.807) is 13.0 Å². The summed E-state index contributed by atoms with van der Waals surface area (Å²) in [6, 6.07) is 8.39. The van der Waals surface area contributed by atoms with Gasteiger partial charge in [0.1, 0.15) is 18.2 Å². The Bertz CT molecular complexity index is 686. The van der Waals surface area contributed by atoms with E-state index < -0.39 is 17.8 Å². The molecule has 2 aromatic rings. The molecule has 0 unspecified atom stereocenters. The Kier molecular flexibility index (Phi) is 4.93. The summed E-state index contributed by atoms with van der Waals surface area (Å²) in [5.41, 5.74) is 0.735. The van der Waals surface area contributed by atoms with Crippen molar-refractivity contribution in [2.45, 2.75) is 13.5 Å². The van der Waals surface area contributed by atoms with E-state index in [2.05, 4.69) is 4.74 Å². The second-order valence-electron chi connectivity index (χ2n) is 4.50. The SMILES string of the molecule is COC(=O)Oc1cccc(F)c1COc1ccc(C)cc1F. The van der Waals surface area contributed by atoms with Crippen LogP contribution in [0, 0.1) is 18.6 Å². The minimum atomic E-state index is -0.978. The average molecular weight is 308 g/mol. The van der Waals surface area contributed by atoms with Gasteiger partial charge in [0.2, 0.25) is 0 Å². The highest BCUT2D eigenvalue weighted by atomic mass is 19.1. The number of carbonyl (C=O) groups excluding carboxylic acids is 1. The highest BCUT2D eigenvalue weighted by Crippen LogP contribution is 2.25. The summed E-state index contributed by atoms with van der Waals surface area (Å²) in [5.74, 6) is -1.24. The van der Waals surface area contributed by atoms with Crippen molar-refractivity contribution < 1.29 is 27.8 Å². The number of hydrogen-bond acceptors (Lipinski definition) is 4. The normalized spacial score (nSPS) is 10.2. The first-order chi connectivity index (χ1) is 10.5. The van der Waals surface area contributed by atoms with E-state index in [9.17, 15) is 13.6 Å². The molecule has 0 aliphatic carbocycles. The van der Waals surface area contributed by atoms with Crippen molar-refractivity contribution in [1.29, 1.82) is 0 Å². The molecule has 0 amide bonds. The van der Waals surface area contributed by atoms with Gasteiger partial charge in [0.15, 0.2) is 11.6 Å². The molecule has 22 heavy (non-hydrogen) atoms. The molecule has 2 aromatic carbocycles. The smallest absolute Gasteiger partial charge is 0.486 e. The molecule has 0 radical (unpaired) electrons. The van der Waals surface area contributed by atoms with Crippen LogP contribution in [-0.4, -0.2) is 13.3 Å². The van der Waals surface area contributed by atoms with Crippen LogP contribution in [0.15, 0.2) is 36.4 Å². The Morgan fingerprint density at radius 3 is 2.55 bits per heavy atom. The maximum atomic E-state index is 13.9. The molecule has 6 heteroatoms. The van der Waals surface area contributed by atoms with Crippen molar-refractivity contribution in [3.8, 4) is 11.5 Å². The molecule has 0 saturated heterocycles. The molecule has 116 valence electrons. The summed E-state index contributed by atoms with van der Waals surface area (Å²) in [6.45, 7) is 1.45. The Morgan fingerprint density at radius 1 is 1.09 bits per heavy atom. The van der Waals surface area contributed by atoms with E-state index in [1.807, 2.05) is 0 Å². The Morgan fingerprint density at radius 2 is 1.86 bits per heavy atom. The molecule has 0 saturated carbocycles. The number of benzene rings is 2. The van der Waals surface area contributed by atoms with Crippen molar-refractivity contribution in [3.05, 3.63) is 59.2 Å². The summed E-state index contributed by atoms with van der Waals surface area (Å²) in [4.78, 5) is 11.1. The van der Waals surface area contributed by atoms with Crippen LogP contribution in [0.25, 0.3) is 0 Å². The van der Waals surface area contributed by atoms with E-state index in [0.29, 0.717) is 0 Å². The second kappa shape index (κ2) is 6.89. The molecule has 0 N–H and O–H groups in total. The number of rotatable bonds is 4. The Labute approximate surface area is 126 Å². The quantitative estimate of drug-likeness (QED) is 0.632. The fourth-order valence-corrected chi connectivity index (χ4v) is 1.78. The minimum Gasteiger partial charge on any atom is -0.486 e. The van der Waals surface area contributed by atoms with Gasteiger partial charge in [-0.05, 0) is 36.8 Å². The number of ether oxygens (including phenoxy) is 3. The molecule has 0 aliphatic rings. The monoisotopic (exact) mass is 308 g/mol. The van der Waals surface area contributed by atoms with E-state index >= 15 is 0 Å². The standard InChI is InChI=1S/C16H14F2O4/c1-10-6-7-15(13(18)8-10)21-9-11-12(17)4-3-5-14(11)22-16(19)20-2/h3-8H,9H2,1-2H3.